The number of amides is 2. The van der Waals surface area contributed by atoms with Crippen LogP contribution < -0.4 is 5.32 Å². The fourth-order valence-corrected chi connectivity index (χ4v) is 3.86. The van der Waals surface area contributed by atoms with Gasteiger partial charge in [-0.25, -0.2) is 4.79 Å². The van der Waals surface area contributed by atoms with Crippen LogP contribution in [0.3, 0.4) is 0 Å². The Morgan fingerprint density at radius 1 is 1.06 bits per heavy atom. The molecule has 0 saturated heterocycles. The highest BCUT2D eigenvalue weighted by molar-refractivity contribution is 6.43. The predicted octanol–water partition coefficient (Wildman–Crippen LogP) is 7.56. The normalized spacial score (nSPS) is 12.6. The first-order valence-electron chi connectivity index (χ1n) is 11.0. The summed E-state index contributed by atoms with van der Waals surface area (Å²) in [5.41, 5.74) is 0.257. The lowest BCUT2D eigenvalue weighted by Crippen LogP contribution is -2.41. The summed E-state index contributed by atoms with van der Waals surface area (Å²) in [4.78, 5) is 17.1. The number of carbonyl (C=O) groups excluding carboxylic acids is 1. The van der Waals surface area contributed by atoms with Gasteiger partial charge in [0.25, 0.3) is 0 Å². The van der Waals surface area contributed by atoms with Gasteiger partial charge in [-0.05, 0) is 69.2 Å². The van der Waals surface area contributed by atoms with Crippen LogP contribution in [-0.4, -0.2) is 41.5 Å². The molecule has 0 saturated carbocycles. The van der Waals surface area contributed by atoms with Crippen LogP contribution in [0, 0.1) is 0 Å². The molecule has 1 atom stereocenters. The fraction of sp³-hybridized carbons (Fsp3) is 0.458. The molecule has 4 nitrogen and oxygen atoms in total. The predicted molar refractivity (Wildman–Crippen MR) is 129 cm³/mol. The second-order valence-electron chi connectivity index (χ2n) is 7.87. The number of urea groups is 1. The largest absolute Gasteiger partial charge is 0.416 e. The highest BCUT2D eigenvalue weighted by Crippen LogP contribution is 2.31. The number of halogens is 5. The zero-order valence-corrected chi connectivity index (χ0v) is 20.6. The molecule has 2 amide bonds. The van der Waals surface area contributed by atoms with Crippen molar-refractivity contribution in [1.82, 2.24) is 9.80 Å². The van der Waals surface area contributed by atoms with Crippen molar-refractivity contribution in [2.24, 2.45) is 0 Å². The van der Waals surface area contributed by atoms with Gasteiger partial charge in [0.15, 0.2) is 0 Å². The van der Waals surface area contributed by atoms with Gasteiger partial charge in [-0.15, -0.1) is 0 Å². The van der Waals surface area contributed by atoms with Crippen molar-refractivity contribution < 1.29 is 18.0 Å². The van der Waals surface area contributed by atoms with Gasteiger partial charge in [0, 0.05) is 12.6 Å². The quantitative estimate of drug-likeness (QED) is 0.363. The van der Waals surface area contributed by atoms with Crippen molar-refractivity contribution in [3.05, 3.63) is 63.6 Å². The SMILES string of the molecule is CCN(CC)CCCC(C)N(Cc1ccc(C(F)(F)F)cc1)C(=O)Nc1cccc(Cl)c1Cl. The molecule has 0 aliphatic rings. The van der Waals surface area contributed by atoms with Crippen LogP contribution in [0.25, 0.3) is 0 Å². The first kappa shape index (κ1) is 27.3. The molecule has 1 N–H and O–H groups in total. The van der Waals surface area contributed by atoms with Crippen molar-refractivity contribution >= 4 is 34.9 Å². The number of hydrogen-bond acceptors (Lipinski definition) is 2. The molecule has 0 bridgehead atoms. The van der Waals surface area contributed by atoms with Gasteiger partial charge in [0.05, 0.1) is 21.3 Å². The second kappa shape index (κ2) is 12.5. The number of nitrogens with zero attached hydrogens (tertiary/aromatic N) is 2. The third kappa shape index (κ3) is 8.09. The van der Waals surface area contributed by atoms with Crippen LogP contribution in [0.4, 0.5) is 23.7 Å². The van der Waals surface area contributed by atoms with E-state index in [2.05, 4.69) is 24.1 Å². The molecule has 2 aromatic rings. The van der Waals surface area contributed by atoms with Gasteiger partial charge in [-0.3, -0.25) is 0 Å². The standard InChI is InChI=1S/C24H30Cl2F3N3O/c1-4-31(5-2)15-7-8-17(3)32(16-18-11-13-19(14-12-18)24(27,28)29)23(33)30-21-10-6-9-20(25)22(21)26/h6,9-14,17H,4-5,7-8,15-16H2,1-3H3,(H,30,33). The van der Waals surface area contributed by atoms with Crippen molar-refractivity contribution in [1.29, 1.82) is 0 Å². The Morgan fingerprint density at radius 2 is 1.70 bits per heavy atom. The number of carbonyl (C=O) groups is 1. The van der Waals surface area contributed by atoms with Crippen LogP contribution in [0.15, 0.2) is 42.5 Å². The molecule has 182 valence electrons. The topological polar surface area (TPSA) is 35.6 Å². The van der Waals surface area contributed by atoms with Crippen molar-refractivity contribution in [2.75, 3.05) is 25.0 Å². The maximum Gasteiger partial charge on any atom is 0.416 e. The maximum atomic E-state index is 13.2. The third-order valence-electron chi connectivity index (χ3n) is 5.61. The van der Waals surface area contributed by atoms with Gasteiger partial charge in [-0.1, -0.05) is 55.2 Å². The number of hydrogen-bond donors (Lipinski definition) is 1. The Balaban J connectivity index is 2.19. The molecule has 0 aromatic heterocycles. The second-order valence-corrected chi connectivity index (χ2v) is 8.66. The van der Waals surface area contributed by atoms with E-state index >= 15 is 0 Å². The number of nitrogens with one attached hydrogen (secondary N) is 1. The number of rotatable bonds is 10. The molecule has 0 heterocycles. The molecule has 0 aliphatic heterocycles. The highest BCUT2D eigenvalue weighted by atomic mass is 35.5. The van der Waals surface area contributed by atoms with E-state index in [9.17, 15) is 18.0 Å². The van der Waals surface area contributed by atoms with E-state index in [1.165, 1.54) is 12.1 Å². The lowest BCUT2D eigenvalue weighted by atomic mass is 10.1. The molecule has 2 aromatic carbocycles. The number of anilines is 1. The smallest absolute Gasteiger partial charge is 0.318 e. The molecule has 0 spiro atoms. The molecule has 9 heteroatoms. The third-order valence-corrected chi connectivity index (χ3v) is 6.43. The zero-order valence-electron chi connectivity index (χ0n) is 19.1. The average molecular weight is 504 g/mol. The minimum absolute atomic E-state index is 0.152. The molecular weight excluding hydrogens is 474 g/mol. The summed E-state index contributed by atoms with van der Waals surface area (Å²) >= 11 is 12.3. The van der Waals surface area contributed by atoms with Crippen LogP contribution in [0.1, 0.15) is 44.7 Å². The van der Waals surface area contributed by atoms with Gasteiger partial charge >= 0.3 is 12.2 Å². The monoisotopic (exact) mass is 503 g/mol. The Labute approximate surface area is 203 Å². The van der Waals surface area contributed by atoms with Gasteiger partial charge in [-0.2, -0.15) is 13.2 Å². The average Bonchev–Trinajstić information content (AvgIpc) is 2.77. The minimum Gasteiger partial charge on any atom is -0.318 e. The highest BCUT2D eigenvalue weighted by Gasteiger charge is 2.30. The zero-order chi connectivity index (χ0) is 24.6. The summed E-state index contributed by atoms with van der Waals surface area (Å²) in [5, 5.41) is 3.34. The Kier molecular flexibility index (Phi) is 10.3. The van der Waals surface area contributed by atoms with E-state index in [0.717, 1.165) is 44.6 Å². The van der Waals surface area contributed by atoms with Gasteiger partial charge < -0.3 is 15.1 Å². The van der Waals surface area contributed by atoms with E-state index in [1.807, 2.05) is 6.92 Å². The lowest BCUT2D eigenvalue weighted by Gasteiger charge is -2.30. The summed E-state index contributed by atoms with van der Waals surface area (Å²) in [6.45, 7) is 9.12. The Morgan fingerprint density at radius 3 is 2.27 bits per heavy atom. The number of alkyl halides is 3. The first-order valence-corrected chi connectivity index (χ1v) is 11.7. The molecule has 1 unspecified atom stereocenters. The number of benzene rings is 2. The van der Waals surface area contributed by atoms with Crippen molar-refractivity contribution in [3.63, 3.8) is 0 Å². The van der Waals surface area contributed by atoms with Crippen LogP contribution >= 0.6 is 23.2 Å². The fourth-order valence-electron chi connectivity index (χ4n) is 3.52. The molecule has 0 radical (unpaired) electrons. The molecule has 33 heavy (non-hydrogen) atoms. The van der Waals surface area contributed by atoms with E-state index in [0.29, 0.717) is 16.3 Å². The summed E-state index contributed by atoms with van der Waals surface area (Å²) in [7, 11) is 0. The van der Waals surface area contributed by atoms with Gasteiger partial charge in [0.1, 0.15) is 0 Å². The van der Waals surface area contributed by atoms with Crippen LogP contribution in [0.2, 0.25) is 10.0 Å². The summed E-state index contributed by atoms with van der Waals surface area (Å²) in [6.07, 6.45) is -2.78. The van der Waals surface area contributed by atoms with Crippen LogP contribution in [0.5, 0.6) is 0 Å². The van der Waals surface area contributed by atoms with Gasteiger partial charge in [0.2, 0.25) is 0 Å². The van der Waals surface area contributed by atoms with Crippen LogP contribution in [-0.2, 0) is 12.7 Å². The summed E-state index contributed by atoms with van der Waals surface area (Å²) in [6, 6.07) is 9.26. The summed E-state index contributed by atoms with van der Waals surface area (Å²) < 4.78 is 38.7. The molecule has 0 aliphatic carbocycles. The minimum atomic E-state index is -4.41. The molecule has 0 fully saturated rings. The van der Waals surface area contributed by atoms with Crippen molar-refractivity contribution in [3.8, 4) is 0 Å². The van der Waals surface area contributed by atoms with E-state index in [1.54, 1.807) is 23.1 Å². The lowest BCUT2D eigenvalue weighted by molar-refractivity contribution is -0.137. The van der Waals surface area contributed by atoms with E-state index in [-0.39, 0.29) is 17.6 Å². The van der Waals surface area contributed by atoms with E-state index < -0.39 is 17.8 Å². The van der Waals surface area contributed by atoms with E-state index in [4.69, 9.17) is 23.2 Å². The maximum absolute atomic E-state index is 13.2. The molecule has 2 rings (SSSR count). The Hall–Kier alpha value is -1.96. The summed E-state index contributed by atoms with van der Waals surface area (Å²) in [5.74, 6) is 0. The Bertz CT molecular complexity index is 903. The molecular formula is C24H30Cl2F3N3O. The van der Waals surface area contributed by atoms with Crippen molar-refractivity contribution in [2.45, 2.75) is 52.4 Å². The first-order chi connectivity index (χ1) is 15.6.